The molecule has 104 valence electrons. The van der Waals surface area contributed by atoms with Gasteiger partial charge in [0.25, 0.3) is 0 Å². The maximum Gasteiger partial charge on any atom is 0.130 e. The third-order valence-corrected chi connectivity index (χ3v) is 4.17. The van der Waals surface area contributed by atoms with Gasteiger partial charge in [-0.25, -0.2) is 4.39 Å². The maximum atomic E-state index is 14.4. The molecule has 20 heavy (non-hydrogen) atoms. The van der Waals surface area contributed by atoms with Gasteiger partial charge in [-0.3, -0.25) is 0 Å². The summed E-state index contributed by atoms with van der Waals surface area (Å²) >= 11 is 0. The zero-order valence-corrected chi connectivity index (χ0v) is 11.7. The SMILES string of the molecule is Cc1cc(C)c(C2(O)CC(N)c3ccccc32)c(F)c1. The van der Waals surface area contributed by atoms with Gasteiger partial charge >= 0.3 is 0 Å². The summed E-state index contributed by atoms with van der Waals surface area (Å²) in [6.07, 6.45) is 0.313. The highest BCUT2D eigenvalue weighted by Crippen LogP contribution is 2.47. The molecule has 0 saturated carbocycles. The minimum atomic E-state index is -1.34. The molecular weight excluding hydrogens is 253 g/mol. The first-order valence-electron chi connectivity index (χ1n) is 6.78. The number of hydrogen-bond acceptors (Lipinski definition) is 2. The Kier molecular flexibility index (Phi) is 2.92. The van der Waals surface area contributed by atoms with Gasteiger partial charge in [-0.15, -0.1) is 0 Å². The highest BCUT2D eigenvalue weighted by atomic mass is 19.1. The highest BCUT2D eigenvalue weighted by Gasteiger charge is 2.44. The molecule has 0 fully saturated rings. The Morgan fingerprint density at radius 1 is 1.25 bits per heavy atom. The second-order valence-corrected chi connectivity index (χ2v) is 5.70. The molecular formula is C17H18FNO. The number of hydrogen-bond donors (Lipinski definition) is 2. The van der Waals surface area contributed by atoms with Crippen molar-refractivity contribution in [1.82, 2.24) is 0 Å². The summed E-state index contributed by atoms with van der Waals surface area (Å²) in [6.45, 7) is 3.67. The van der Waals surface area contributed by atoms with Crippen LogP contribution in [0.3, 0.4) is 0 Å². The lowest BCUT2D eigenvalue weighted by Crippen LogP contribution is -2.27. The molecule has 3 N–H and O–H groups in total. The number of aryl methyl sites for hydroxylation is 2. The smallest absolute Gasteiger partial charge is 0.130 e. The molecule has 0 amide bonds. The first kappa shape index (κ1) is 13.3. The second kappa shape index (κ2) is 4.40. The normalized spacial score (nSPS) is 24.8. The average molecular weight is 271 g/mol. The van der Waals surface area contributed by atoms with Crippen LogP contribution >= 0.6 is 0 Å². The lowest BCUT2D eigenvalue weighted by molar-refractivity contribution is 0.0730. The van der Waals surface area contributed by atoms with Crippen molar-refractivity contribution in [3.8, 4) is 0 Å². The van der Waals surface area contributed by atoms with Gasteiger partial charge in [0.05, 0.1) is 0 Å². The average Bonchev–Trinajstić information content (AvgIpc) is 2.61. The fourth-order valence-corrected chi connectivity index (χ4v) is 3.41. The van der Waals surface area contributed by atoms with Gasteiger partial charge in [0, 0.05) is 18.0 Å². The van der Waals surface area contributed by atoms with Crippen LogP contribution < -0.4 is 5.73 Å². The third kappa shape index (κ3) is 1.78. The van der Waals surface area contributed by atoms with Crippen LogP contribution in [0.1, 0.15) is 40.3 Å². The monoisotopic (exact) mass is 271 g/mol. The standard InChI is InChI=1S/C17H18FNO/c1-10-7-11(2)16(14(18)8-10)17(20)9-15(19)12-5-3-4-6-13(12)17/h3-8,15,20H,9,19H2,1-2H3. The van der Waals surface area contributed by atoms with Crippen LogP contribution in [0.5, 0.6) is 0 Å². The fourth-order valence-electron chi connectivity index (χ4n) is 3.41. The third-order valence-electron chi connectivity index (χ3n) is 4.17. The summed E-state index contributed by atoms with van der Waals surface area (Å²) in [6, 6.07) is 10.6. The van der Waals surface area contributed by atoms with Crippen molar-refractivity contribution in [2.24, 2.45) is 5.73 Å². The fraction of sp³-hybridized carbons (Fsp3) is 0.294. The van der Waals surface area contributed by atoms with Crippen LogP contribution in [0.25, 0.3) is 0 Å². The first-order valence-corrected chi connectivity index (χ1v) is 6.78. The Morgan fingerprint density at radius 3 is 2.65 bits per heavy atom. The Balaban J connectivity index is 2.26. The van der Waals surface area contributed by atoms with Gasteiger partial charge in [0.2, 0.25) is 0 Å². The summed E-state index contributed by atoms with van der Waals surface area (Å²) in [5, 5.41) is 11.1. The molecule has 1 aliphatic carbocycles. The van der Waals surface area contributed by atoms with Crippen molar-refractivity contribution in [1.29, 1.82) is 0 Å². The van der Waals surface area contributed by atoms with Crippen LogP contribution in [0, 0.1) is 19.7 Å². The molecule has 0 radical (unpaired) electrons. The molecule has 1 aliphatic rings. The number of benzene rings is 2. The van der Waals surface area contributed by atoms with Crippen molar-refractivity contribution < 1.29 is 9.50 Å². The van der Waals surface area contributed by atoms with Crippen LogP contribution in [0.2, 0.25) is 0 Å². The molecule has 0 aromatic heterocycles. The Hall–Kier alpha value is -1.71. The Bertz CT molecular complexity index is 659. The van der Waals surface area contributed by atoms with Gasteiger partial charge in [0.15, 0.2) is 0 Å². The Morgan fingerprint density at radius 2 is 1.95 bits per heavy atom. The maximum absolute atomic E-state index is 14.4. The van der Waals surface area contributed by atoms with Gasteiger partial charge in [-0.05, 0) is 42.2 Å². The van der Waals surface area contributed by atoms with E-state index in [1.165, 1.54) is 6.07 Å². The number of halogens is 1. The van der Waals surface area contributed by atoms with E-state index in [-0.39, 0.29) is 11.9 Å². The zero-order chi connectivity index (χ0) is 14.5. The van der Waals surface area contributed by atoms with Crippen molar-refractivity contribution in [3.63, 3.8) is 0 Å². The summed E-state index contributed by atoms with van der Waals surface area (Å²) in [4.78, 5) is 0. The molecule has 0 aliphatic heterocycles. The van der Waals surface area contributed by atoms with Crippen LogP contribution in [-0.2, 0) is 5.60 Å². The van der Waals surface area contributed by atoms with Crippen molar-refractivity contribution in [2.75, 3.05) is 0 Å². The largest absolute Gasteiger partial charge is 0.380 e. The van der Waals surface area contributed by atoms with Gasteiger partial charge in [-0.2, -0.15) is 0 Å². The van der Waals surface area contributed by atoms with E-state index >= 15 is 0 Å². The molecule has 0 heterocycles. The van der Waals surface area contributed by atoms with Gasteiger partial charge < -0.3 is 10.8 Å². The minimum Gasteiger partial charge on any atom is -0.380 e. The van der Waals surface area contributed by atoms with E-state index in [2.05, 4.69) is 0 Å². The first-order chi connectivity index (χ1) is 9.43. The van der Waals surface area contributed by atoms with E-state index in [1.54, 1.807) is 0 Å². The molecule has 3 heteroatoms. The molecule has 0 saturated heterocycles. The van der Waals surface area contributed by atoms with E-state index in [0.717, 1.165) is 22.3 Å². The molecule has 2 unspecified atom stereocenters. The van der Waals surface area contributed by atoms with E-state index in [1.807, 2.05) is 44.2 Å². The lowest BCUT2D eigenvalue weighted by Gasteiger charge is -2.27. The summed E-state index contributed by atoms with van der Waals surface area (Å²) in [7, 11) is 0. The summed E-state index contributed by atoms with van der Waals surface area (Å²) in [5.74, 6) is -0.367. The summed E-state index contributed by atoms with van der Waals surface area (Å²) < 4.78 is 14.4. The van der Waals surface area contributed by atoms with Crippen LogP contribution in [-0.4, -0.2) is 5.11 Å². The number of fused-ring (bicyclic) bond motifs is 1. The van der Waals surface area contributed by atoms with Gasteiger partial charge in [0.1, 0.15) is 11.4 Å². The molecule has 2 atom stereocenters. The minimum absolute atomic E-state index is 0.267. The molecule has 2 aromatic rings. The van der Waals surface area contributed by atoms with Gasteiger partial charge in [-0.1, -0.05) is 30.3 Å². The molecule has 2 nitrogen and oxygen atoms in total. The number of nitrogens with two attached hydrogens (primary N) is 1. The van der Waals surface area contributed by atoms with Crippen molar-refractivity contribution in [3.05, 3.63) is 70.0 Å². The number of rotatable bonds is 1. The van der Waals surface area contributed by atoms with Crippen LogP contribution in [0.15, 0.2) is 36.4 Å². The van der Waals surface area contributed by atoms with E-state index in [4.69, 9.17) is 5.73 Å². The summed E-state index contributed by atoms with van der Waals surface area (Å²) in [5.41, 5.74) is 8.35. The van der Waals surface area contributed by atoms with E-state index in [9.17, 15) is 9.50 Å². The molecule has 0 spiro atoms. The number of aliphatic hydroxyl groups is 1. The van der Waals surface area contributed by atoms with E-state index < -0.39 is 5.60 Å². The molecule has 2 aromatic carbocycles. The van der Waals surface area contributed by atoms with E-state index in [0.29, 0.717) is 12.0 Å². The van der Waals surface area contributed by atoms with Crippen molar-refractivity contribution >= 4 is 0 Å². The van der Waals surface area contributed by atoms with Crippen molar-refractivity contribution in [2.45, 2.75) is 31.9 Å². The quantitative estimate of drug-likeness (QED) is 0.837. The predicted octanol–water partition coefficient (Wildman–Crippen LogP) is 3.08. The molecule has 3 rings (SSSR count). The highest BCUT2D eigenvalue weighted by molar-refractivity contribution is 5.50. The molecule has 0 bridgehead atoms. The zero-order valence-electron chi connectivity index (χ0n) is 11.7. The second-order valence-electron chi connectivity index (χ2n) is 5.70. The Labute approximate surface area is 118 Å². The lowest BCUT2D eigenvalue weighted by atomic mass is 9.84. The topological polar surface area (TPSA) is 46.2 Å². The van der Waals surface area contributed by atoms with Crippen LogP contribution in [0.4, 0.5) is 4.39 Å². The predicted molar refractivity (Wildman–Crippen MR) is 76.9 cm³/mol.